The van der Waals surface area contributed by atoms with Crippen molar-refractivity contribution < 1.29 is 22.7 Å². The average Bonchev–Trinajstić information content (AvgIpc) is 2.48. The molecule has 2 aromatic carbocycles. The van der Waals surface area contributed by atoms with Crippen molar-refractivity contribution >= 4 is 5.78 Å². The molecule has 0 N–H and O–H groups in total. The van der Waals surface area contributed by atoms with Gasteiger partial charge in [-0.25, -0.2) is 0 Å². The summed E-state index contributed by atoms with van der Waals surface area (Å²) in [5, 5.41) is 0. The van der Waals surface area contributed by atoms with Crippen molar-refractivity contribution in [2.24, 2.45) is 0 Å². The number of ketones is 1. The molecule has 1 unspecified atom stereocenters. The van der Waals surface area contributed by atoms with Crippen molar-refractivity contribution in [3.05, 3.63) is 71.8 Å². The molecule has 0 aromatic heterocycles. The molecule has 1 atom stereocenters. The fourth-order valence-corrected chi connectivity index (χ4v) is 1.88. The van der Waals surface area contributed by atoms with E-state index in [1.165, 1.54) is 0 Å². The number of ether oxygens (including phenoxy) is 1. The summed E-state index contributed by atoms with van der Waals surface area (Å²) in [5.74, 6) is -0.494. The first-order chi connectivity index (χ1) is 9.97. The summed E-state index contributed by atoms with van der Waals surface area (Å²) in [6, 6.07) is 16.3. The van der Waals surface area contributed by atoms with E-state index in [2.05, 4.69) is 0 Å². The van der Waals surface area contributed by atoms with Gasteiger partial charge in [0.25, 0.3) is 0 Å². The van der Waals surface area contributed by atoms with Crippen LogP contribution in [-0.2, 0) is 4.74 Å². The summed E-state index contributed by atoms with van der Waals surface area (Å²) in [7, 11) is 0. The van der Waals surface area contributed by atoms with Crippen molar-refractivity contribution in [1.82, 2.24) is 0 Å². The number of benzene rings is 2. The molecular formula is C16H13F3O2. The lowest BCUT2D eigenvalue weighted by Gasteiger charge is -2.18. The van der Waals surface area contributed by atoms with E-state index in [0.29, 0.717) is 11.1 Å². The van der Waals surface area contributed by atoms with Gasteiger partial charge in [-0.1, -0.05) is 60.7 Å². The third-order valence-corrected chi connectivity index (χ3v) is 2.81. The van der Waals surface area contributed by atoms with E-state index >= 15 is 0 Å². The summed E-state index contributed by atoms with van der Waals surface area (Å²) in [6.07, 6.45) is -5.75. The van der Waals surface area contributed by atoms with Crippen molar-refractivity contribution in [3.8, 4) is 0 Å². The Morgan fingerprint density at radius 3 is 2.00 bits per heavy atom. The van der Waals surface area contributed by atoms with Gasteiger partial charge in [0, 0.05) is 5.56 Å². The van der Waals surface area contributed by atoms with Gasteiger partial charge in [0.1, 0.15) is 12.7 Å². The van der Waals surface area contributed by atoms with Gasteiger partial charge in [0.15, 0.2) is 5.78 Å². The summed E-state index contributed by atoms with van der Waals surface area (Å²) in [4.78, 5) is 12.4. The number of carbonyl (C=O) groups excluding carboxylic acids is 1. The molecular weight excluding hydrogens is 281 g/mol. The maximum Gasteiger partial charge on any atom is 0.411 e. The standard InChI is InChI=1S/C16H13F3O2/c17-16(18,19)11-21-15(13-9-5-2-6-10-13)14(20)12-7-3-1-4-8-12/h1-10,15H,11H2. The Hall–Kier alpha value is -2.14. The highest BCUT2D eigenvalue weighted by Gasteiger charge is 2.32. The van der Waals surface area contributed by atoms with Crippen LogP contribution in [0.25, 0.3) is 0 Å². The van der Waals surface area contributed by atoms with E-state index in [0.717, 1.165) is 0 Å². The molecule has 0 spiro atoms. The fourth-order valence-electron chi connectivity index (χ4n) is 1.88. The first-order valence-electron chi connectivity index (χ1n) is 6.30. The maximum absolute atomic E-state index is 12.4. The van der Waals surface area contributed by atoms with Crippen LogP contribution in [-0.4, -0.2) is 18.6 Å². The van der Waals surface area contributed by atoms with Crippen LogP contribution < -0.4 is 0 Å². The number of hydrogen-bond acceptors (Lipinski definition) is 2. The second-order valence-electron chi connectivity index (χ2n) is 4.45. The van der Waals surface area contributed by atoms with Crippen LogP contribution in [0.3, 0.4) is 0 Å². The molecule has 0 aliphatic heterocycles. The predicted octanol–water partition coefficient (Wildman–Crippen LogP) is 4.19. The van der Waals surface area contributed by atoms with Crippen molar-refractivity contribution in [2.45, 2.75) is 12.3 Å². The summed E-state index contributed by atoms with van der Waals surface area (Å²) >= 11 is 0. The third-order valence-electron chi connectivity index (χ3n) is 2.81. The fraction of sp³-hybridized carbons (Fsp3) is 0.188. The number of Topliss-reactive ketones (excluding diaryl/α,β-unsaturated/α-hetero) is 1. The Morgan fingerprint density at radius 2 is 1.48 bits per heavy atom. The lowest BCUT2D eigenvalue weighted by Crippen LogP contribution is -2.24. The maximum atomic E-state index is 12.4. The molecule has 0 heterocycles. The van der Waals surface area contributed by atoms with E-state index in [4.69, 9.17) is 4.74 Å². The molecule has 5 heteroatoms. The second-order valence-corrected chi connectivity index (χ2v) is 4.45. The topological polar surface area (TPSA) is 26.3 Å². The largest absolute Gasteiger partial charge is 0.411 e. The van der Waals surface area contributed by atoms with Gasteiger partial charge in [0.05, 0.1) is 0 Å². The molecule has 2 rings (SSSR count). The molecule has 2 nitrogen and oxygen atoms in total. The molecule has 21 heavy (non-hydrogen) atoms. The molecule has 110 valence electrons. The van der Waals surface area contributed by atoms with E-state index in [9.17, 15) is 18.0 Å². The summed E-state index contributed by atoms with van der Waals surface area (Å²) < 4.78 is 41.9. The van der Waals surface area contributed by atoms with E-state index in [-0.39, 0.29) is 0 Å². The zero-order chi connectivity index (χ0) is 15.3. The molecule has 0 radical (unpaired) electrons. The molecule has 0 saturated heterocycles. The predicted molar refractivity (Wildman–Crippen MR) is 72.0 cm³/mol. The van der Waals surface area contributed by atoms with Gasteiger partial charge in [0.2, 0.25) is 0 Å². The van der Waals surface area contributed by atoms with Crippen LogP contribution in [0.5, 0.6) is 0 Å². The van der Waals surface area contributed by atoms with Crippen LogP contribution in [0.4, 0.5) is 13.2 Å². The molecule has 0 fully saturated rings. The number of hydrogen-bond donors (Lipinski definition) is 0. The summed E-state index contributed by atoms with van der Waals surface area (Å²) in [6.45, 7) is -1.47. The first-order valence-corrected chi connectivity index (χ1v) is 6.30. The van der Waals surface area contributed by atoms with Gasteiger partial charge in [-0.3, -0.25) is 4.79 Å². The highest BCUT2D eigenvalue weighted by molar-refractivity contribution is 6.00. The van der Waals surface area contributed by atoms with Crippen molar-refractivity contribution in [1.29, 1.82) is 0 Å². The first kappa shape index (κ1) is 15.3. The van der Waals surface area contributed by atoms with Crippen LogP contribution in [0, 0.1) is 0 Å². The van der Waals surface area contributed by atoms with E-state index in [1.807, 2.05) is 0 Å². The van der Waals surface area contributed by atoms with Crippen LogP contribution in [0.2, 0.25) is 0 Å². The number of rotatable bonds is 5. The highest BCUT2D eigenvalue weighted by Crippen LogP contribution is 2.25. The average molecular weight is 294 g/mol. The van der Waals surface area contributed by atoms with Gasteiger partial charge in [-0.05, 0) is 5.56 Å². The Kier molecular flexibility index (Phi) is 4.75. The molecule has 0 amide bonds. The normalized spacial score (nSPS) is 12.9. The lowest BCUT2D eigenvalue weighted by molar-refractivity contribution is -0.181. The molecule has 0 aliphatic carbocycles. The zero-order valence-electron chi connectivity index (χ0n) is 11.0. The lowest BCUT2D eigenvalue weighted by atomic mass is 10.00. The third kappa shape index (κ3) is 4.43. The Balaban J connectivity index is 2.26. The van der Waals surface area contributed by atoms with Gasteiger partial charge in [-0.2, -0.15) is 13.2 Å². The van der Waals surface area contributed by atoms with Crippen molar-refractivity contribution in [3.63, 3.8) is 0 Å². The van der Waals surface area contributed by atoms with E-state index in [1.54, 1.807) is 60.7 Å². The SMILES string of the molecule is O=C(c1ccccc1)C(OCC(F)(F)F)c1ccccc1. The zero-order valence-corrected chi connectivity index (χ0v) is 11.0. The second kappa shape index (κ2) is 6.54. The van der Waals surface area contributed by atoms with Gasteiger partial charge in [-0.15, -0.1) is 0 Å². The molecule has 0 bridgehead atoms. The number of carbonyl (C=O) groups is 1. The molecule has 0 saturated carbocycles. The minimum absolute atomic E-state index is 0.313. The van der Waals surface area contributed by atoms with Crippen molar-refractivity contribution in [2.75, 3.05) is 6.61 Å². The monoisotopic (exact) mass is 294 g/mol. The van der Waals surface area contributed by atoms with E-state index < -0.39 is 24.7 Å². The van der Waals surface area contributed by atoms with Gasteiger partial charge >= 0.3 is 6.18 Å². The van der Waals surface area contributed by atoms with Crippen LogP contribution in [0.1, 0.15) is 22.0 Å². The van der Waals surface area contributed by atoms with Crippen LogP contribution >= 0.6 is 0 Å². The smallest absolute Gasteiger partial charge is 0.356 e. The number of alkyl halides is 3. The minimum Gasteiger partial charge on any atom is -0.356 e. The quantitative estimate of drug-likeness (QED) is 0.773. The Bertz CT molecular complexity index is 579. The minimum atomic E-state index is -4.48. The highest BCUT2D eigenvalue weighted by atomic mass is 19.4. The summed E-state index contributed by atoms with van der Waals surface area (Å²) in [5.41, 5.74) is 0.712. The van der Waals surface area contributed by atoms with Crippen LogP contribution in [0.15, 0.2) is 60.7 Å². The number of halogens is 3. The molecule has 2 aromatic rings. The molecule has 0 aliphatic rings. The Morgan fingerprint density at radius 1 is 0.952 bits per heavy atom. The Labute approximate surface area is 120 Å². The van der Waals surface area contributed by atoms with Gasteiger partial charge < -0.3 is 4.74 Å².